The molecule has 2 aromatic carbocycles. The van der Waals surface area contributed by atoms with Gasteiger partial charge >= 0.3 is 23.9 Å². The fourth-order valence-corrected chi connectivity index (χ4v) is 4.61. The highest BCUT2D eigenvalue weighted by molar-refractivity contribution is 7.91. The Morgan fingerprint density at radius 2 is 0.810 bits per heavy atom. The molecule has 4 unspecified atom stereocenters. The highest BCUT2D eigenvalue weighted by Crippen LogP contribution is 2.21. The number of aliphatic hydroxyl groups excluding tert-OH is 4. The number of halogens is 2. The van der Waals surface area contributed by atoms with Crippen molar-refractivity contribution in [2.45, 2.75) is 75.7 Å². The topological polar surface area (TPSA) is 341 Å². The third-order valence-electron chi connectivity index (χ3n) is 6.10. The van der Waals surface area contributed by atoms with E-state index in [-0.39, 0.29) is 36.1 Å². The maximum atomic E-state index is 13.2. The molecule has 0 spiro atoms. The van der Waals surface area contributed by atoms with Crippen LogP contribution < -0.4 is 20.1 Å². The zero-order valence-electron chi connectivity index (χ0n) is 30.7. The highest BCUT2D eigenvalue weighted by atomic mass is 32.2. The molecule has 0 aliphatic carbocycles. The van der Waals surface area contributed by atoms with Crippen LogP contribution in [0.1, 0.15) is 41.5 Å². The first-order valence-electron chi connectivity index (χ1n) is 16.1. The molecule has 2 rings (SSSR count). The average molecular weight is 883 g/mol. The number of sulfone groups is 2. The first-order chi connectivity index (χ1) is 25.8. The van der Waals surface area contributed by atoms with Gasteiger partial charge in [-0.3, -0.25) is 0 Å². The van der Waals surface area contributed by atoms with E-state index < -0.39 is 79.6 Å². The van der Waals surface area contributed by atoms with E-state index in [0.717, 1.165) is 50.6 Å². The molecule has 58 heavy (non-hydrogen) atoms. The van der Waals surface area contributed by atoms with E-state index in [1.807, 2.05) is 0 Å². The van der Waals surface area contributed by atoms with Crippen molar-refractivity contribution in [3.63, 3.8) is 0 Å². The van der Waals surface area contributed by atoms with Crippen LogP contribution in [0.3, 0.4) is 0 Å². The van der Waals surface area contributed by atoms with Gasteiger partial charge in [0.15, 0.2) is 44.1 Å². The maximum absolute atomic E-state index is 13.2. The summed E-state index contributed by atoms with van der Waals surface area (Å²) in [5, 5.41) is 71.3. The summed E-state index contributed by atoms with van der Waals surface area (Å²) in [5.74, 6) is -7.85. The van der Waals surface area contributed by atoms with Crippen molar-refractivity contribution >= 4 is 43.6 Å². The average Bonchev–Trinajstić information content (AvgIpc) is 3.09. The van der Waals surface area contributed by atoms with Gasteiger partial charge < -0.3 is 61.0 Å². The Morgan fingerprint density at radius 3 is 1.02 bits per heavy atom. The van der Waals surface area contributed by atoms with Crippen molar-refractivity contribution in [1.82, 2.24) is 10.6 Å². The molecule has 0 bridgehead atoms. The zero-order valence-corrected chi connectivity index (χ0v) is 32.3. The Labute approximate surface area is 335 Å². The molecule has 0 radical (unpaired) electrons. The van der Waals surface area contributed by atoms with Gasteiger partial charge in [0.25, 0.3) is 0 Å². The summed E-state index contributed by atoms with van der Waals surface area (Å²) >= 11 is 0. The minimum absolute atomic E-state index is 0. The second-order valence-electron chi connectivity index (χ2n) is 11.1. The first-order valence-corrected chi connectivity index (χ1v) is 19.9. The molecule has 24 heteroatoms. The lowest BCUT2D eigenvalue weighted by molar-refractivity contribution is -0.165. The van der Waals surface area contributed by atoms with Crippen LogP contribution in [0.2, 0.25) is 0 Å². The largest absolute Gasteiger partial charge is 0.492 e. The lowest BCUT2D eigenvalue weighted by Gasteiger charge is -2.08. The van der Waals surface area contributed by atoms with Gasteiger partial charge in [0.1, 0.15) is 36.3 Å². The Balaban J connectivity index is -0.000000344. The zero-order chi connectivity index (χ0) is 43.8. The molecular formula is C34H56F2N2O18S2. The number of hydrogen-bond acceptors (Lipinski definition) is 16. The molecule has 0 aliphatic rings. The second kappa shape index (κ2) is 30.5. The molecule has 10 N–H and O–H groups in total. The third kappa shape index (κ3) is 27.1. The predicted molar refractivity (Wildman–Crippen MR) is 204 cm³/mol. The molecule has 0 aromatic heterocycles. The quantitative estimate of drug-likeness (QED) is 0.0796. The number of rotatable bonds is 20. The van der Waals surface area contributed by atoms with Crippen molar-refractivity contribution in [3.05, 3.63) is 48.0 Å². The monoisotopic (exact) mass is 882 g/mol. The van der Waals surface area contributed by atoms with Crippen LogP contribution in [0, 0.1) is 11.6 Å². The summed E-state index contributed by atoms with van der Waals surface area (Å²) in [4.78, 5) is 38.9. The van der Waals surface area contributed by atoms with Crippen LogP contribution in [-0.2, 0) is 38.9 Å². The molecule has 0 fully saturated rings. The predicted octanol–water partition coefficient (Wildman–Crippen LogP) is 0.242. The Kier molecular flexibility index (Phi) is 31.6. The number of carboxylic acids is 4. The number of aliphatic hydroxyl groups is 4. The Morgan fingerprint density at radius 1 is 0.552 bits per heavy atom. The fourth-order valence-electron chi connectivity index (χ4n) is 3.29. The van der Waals surface area contributed by atoms with Gasteiger partial charge in [0.05, 0.1) is 9.79 Å². The second-order valence-corrected chi connectivity index (χ2v) is 15.2. The molecular weight excluding hydrogens is 827 g/mol. The van der Waals surface area contributed by atoms with E-state index in [1.165, 1.54) is 24.3 Å². The molecule has 0 amide bonds. The summed E-state index contributed by atoms with van der Waals surface area (Å²) in [6, 6.07) is 6.98. The summed E-state index contributed by atoms with van der Waals surface area (Å²) in [7, 11) is -6.85. The molecule has 20 nitrogen and oxygen atoms in total. The van der Waals surface area contributed by atoms with E-state index in [1.54, 1.807) is 0 Å². The van der Waals surface area contributed by atoms with Crippen LogP contribution in [0.15, 0.2) is 46.2 Å². The van der Waals surface area contributed by atoms with Gasteiger partial charge in [-0.2, -0.15) is 0 Å². The lowest BCUT2D eigenvalue weighted by Crippen LogP contribution is -2.39. The molecule has 336 valence electrons. The highest BCUT2D eigenvalue weighted by Gasteiger charge is 2.30. The van der Waals surface area contributed by atoms with Crippen LogP contribution in [0.5, 0.6) is 11.5 Å². The van der Waals surface area contributed by atoms with E-state index in [2.05, 4.69) is 24.5 Å². The standard InChI is InChI=1S/2C12H18FNO3S.2C4H6O6.2CH4/c2*1-3-4-14-5-6-17-11-7-10(13)8-12(9-11)18(2,15)16;2*5-1(3(7)8)2(6)4(9)10;;/h2*7-9,14H,3-6H2,1-2H3;2*1-2,5-6H,(H,7,8)(H,9,10);2*1H4. The summed E-state index contributed by atoms with van der Waals surface area (Å²) in [6.45, 7) is 7.90. The van der Waals surface area contributed by atoms with Crippen molar-refractivity contribution in [3.8, 4) is 11.5 Å². The summed E-state index contributed by atoms with van der Waals surface area (Å²) in [6.07, 6.45) is -4.94. The molecule has 0 aliphatic heterocycles. The maximum Gasteiger partial charge on any atom is 0.335 e. The minimum atomic E-state index is -3.42. The van der Waals surface area contributed by atoms with Gasteiger partial charge in [0, 0.05) is 37.7 Å². The number of hydrogen-bond donors (Lipinski definition) is 10. The van der Waals surface area contributed by atoms with Gasteiger partial charge in [-0.1, -0.05) is 28.7 Å². The van der Waals surface area contributed by atoms with E-state index in [9.17, 15) is 44.8 Å². The molecule has 0 saturated heterocycles. The fraction of sp³-hybridized carbons (Fsp3) is 0.529. The van der Waals surface area contributed by atoms with E-state index >= 15 is 0 Å². The number of nitrogens with one attached hydrogen (secondary N) is 2. The van der Waals surface area contributed by atoms with Crippen molar-refractivity contribution in [1.29, 1.82) is 0 Å². The lowest BCUT2D eigenvalue weighted by atomic mass is 10.2. The smallest absolute Gasteiger partial charge is 0.335 e. The van der Waals surface area contributed by atoms with Crippen LogP contribution in [0.4, 0.5) is 8.78 Å². The summed E-state index contributed by atoms with van der Waals surface area (Å²) in [5.41, 5.74) is 0. The van der Waals surface area contributed by atoms with Crippen LogP contribution in [0.25, 0.3) is 0 Å². The Hall–Kier alpha value is -4.56. The van der Waals surface area contributed by atoms with Gasteiger partial charge in [-0.25, -0.2) is 44.8 Å². The Bertz CT molecular complexity index is 1600. The molecule has 0 heterocycles. The van der Waals surface area contributed by atoms with E-state index in [4.69, 9.17) is 50.3 Å². The molecule has 4 atom stereocenters. The van der Waals surface area contributed by atoms with Crippen molar-refractivity contribution in [2.75, 3.05) is 51.9 Å². The van der Waals surface area contributed by atoms with Gasteiger partial charge in [-0.05, 0) is 50.2 Å². The van der Waals surface area contributed by atoms with Crippen LogP contribution in [-0.4, -0.2) is 158 Å². The number of carboxylic acid groups (broad SMARTS) is 4. The molecule has 0 saturated carbocycles. The van der Waals surface area contributed by atoms with Crippen LogP contribution >= 0.6 is 0 Å². The third-order valence-corrected chi connectivity index (χ3v) is 8.29. The van der Waals surface area contributed by atoms with E-state index in [0.29, 0.717) is 26.3 Å². The van der Waals surface area contributed by atoms with Crippen molar-refractivity contribution in [2.24, 2.45) is 0 Å². The normalized spacial score (nSPS) is 12.6. The number of ether oxygens (including phenoxy) is 2. The first kappa shape index (κ1) is 60.1. The number of aliphatic carboxylic acids is 4. The minimum Gasteiger partial charge on any atom is -0.492 e. The van der Waals surface area contributed by atoms with Gasteiger partial charge in [0.2, 0.25) is 0 Å². The van der Waals surface area contributed by atoms with Crippen molar-refractivity contribution < 1.29 is 95.1 Å². The number of benzene rings is 2. The van der Waals surface area contributed by atoms with Gasteiger partial charge in [-0.15, -0.1) is 0 Å². The summed E-state index contributed by atoms with van der Waals surface area (Å²) < 4.78 is 82.3. The SMILES string of the molecule is C.C.CCCNCCOc1cc(F)cc(S(C)(=O)=O)c1.CCCNCCOc1cc(F)cc(S(C)(=O)=O)c1.O=C(O)C(O)C(O)C(=O)O.O=C(O)C(O)C(O)C(=O)O. The number of carbonyl (C=O) groups is 4. The molecule has 2 aromatic rings.